The minimum atomic E-state index is -0.0762. The van der Waals surface area contributed by atoms with E-state index in [-0.39, 0.29) is 23.3 Å². The summed E-state index contributed by atoms with van der Waals surface area (Å²) in [6.07, 6.45) is 3.06. The van der Waals surface area contributed by atoms with Crippen molar-refractivity contribution < 1.29 is 14.3 Å². The predicted octanol–water partition coefficient (Wildman–Crippen LogP) is 4.04. The predicted molar refractivity (Wildman–Crippen MR) is 118 cm³/mol. The molecule has 1 aliphatic heterocycles. The van der Waals surface area contributed by atoms with Crippen LogP contribution in [0.5, 0.6) is 0 Å². The molecule has 162 valence electrons. The third-order valence-electron chi connectivity index (χ3n) is 5.01. The van der Waals surface area contributed by atoms with Gasteiger partial charge in [-0.2, -0.15) is 0 Å². The third kappa shape index (κ3) is 7.35. The lowest BCUT2D eigenvalue weighted by Gasteiger charge is -2.30. The van der Waals surface area contributed by atoms with Crippen LogP contribution in [0.1, 0.15) is 58.9 Å². The normalized spacial score (nSPS) is 16.6. The Bertz CT molecular complexity index is 704. The Morgan fingerprint density at radius 2 is 1.97 bits per heavy atom. The van der Waals surface area contributed by atoms with Gasteiger partial charge in [0.1, 0.15) is 0 Å². The maximum absolute atomic E-state index is 13.1. The number of anilines is 2. The van der Waals surface area contributed by atoms with Crippen molar-refractivity contribution in [3.63, 3.8) is 0 Å². The molecule has 1 heterocycles. The van der Waals surface area contributed by atoms with Crippen LogP contribution in [0.4, 0.5) is 11.4 Å². The zero-order chi connectivity index (χ0) is 21.6. The molecule has 0 aliphatic carbocycles. The minimum absolute atomic E-state index is 0.0198. The molecule has 0 radical (unpaired) electrons. The van der Waals surface area contributed by atoms with E-state index in [4.69, 9.17) is 4.74 Å². The number of hydrogen-bond acceptors (Lipinski definition) is 4. The van der Waals surface area contributed by atoms with Gasteiger partial charge in [0.2, 0.25) is 11.8 Å². The standard InChI is InChI=1S/C23H37N3O3/c1-7-21(27)24-18-10-11-20(25(5)6)17(13-18)15-26(16-19-9-8-12-29-19)22(28)14-23(2,3)4/h10-11,13,19H,7-9,12,14-16H2,1-6H3,(H,24,27)/t19-/m1/s1. The molecule has 1 fully saturated rings. The van der Waals surface area contributed by atoms with Crippen LogP contribution in [0.25, 0.3) is 0 Å². The number of benzene rings is 1. The highest BCUT2D eigenvalue weighted by Gasteiger charge is 2.26. The highest BCUT2D eigenvalue weighted by atomic mass is 16.5. The highest BCUT2D eigenvalue weighted by Crippen LogP contribution is 2.27. The molecule has 1 atom stereocenters. The van der Waals surface area contributed by atoms with E-state index in [1.54, 1.807) is 0 Å². The molecule has 0 bridgehead atoms. The average molecular weight is 404 g/mol. The molecule has 0 aromatic heterocycles. The van der Waals surface area contributed by atoms with Gasteiger partial charge in [0.15, 0.2) is 0 Å². The number of ether oxygens (including phenoxy) is 1. The second-order valence-electron chi connectivity index (χ2n) is 9.29. The number of hydrogen-bond donors (Lipinski definition) is 1. The van der Waals surface area contributed by atoms with Crippen molar-refractivity contribution in [3.05, 3.63) is 23.8 Å². The third-order valence-corrected chi connectivity index (χ3v) is 5.01. The first-order valence-electron chi connectivity index (χ1n) is 10.6. The highest BCUT2D eigenvalue weighted by molar-refractivity contribution is 5.91. The van der Waals surface area contributed by atoms with Gasteiger partial charge in [0.05, 0.1) is 6.10 Å². The first kappa shape index (κ1) is 23.2. The van der Waals surface area contributed by atoms with Gasteiger partial charge in [0.25, 0.3) is 0 Å². The number of rotatable bonds is 8. The fourth-order valence-electron chi connectivity index (χ4n) is 3.54. The number of carbonyl (C=O) groups excluding carboxylic acids is 2. The van der Waals surface area contributed by atoms with Crippen LogP contribution >= 0.6 is 0 Å². The molecule has 0 saturated carbocycles. The lowest BCUT2D eigenvalue weighted by Crippen LogP contribution is -2.38. The summed E-state index contributed by atoms with van der Waals surface area (Å²) in [5, 5.41) is 2.93. The lowest BCUT2D eigenvalue weighted by molar-refractivity contribution is -0.135. The molecule has 6 nitrogen and oxygen atoms in total. The number of nitrogens with one attached hydrogen (secondary N) is 1. The summed E-state index contributed by atoms with van der Waals surface area (Å²) >= 11 is 0. The van der Waals surface area contributed by atoms with Crippen LogP contribution in [-0.2, 0) is 20.9 Å². The molecule has 1 aliphatic rings. The summed E-state index contributed by atoms with van der Waals surface area (Å²) in [5.41, 5.74) is 2.75. The molecule has 1 N–H and O–H groups in total. The SMILES string of the molecule is CCC(=O)Nc1ccc(N(C)C)c(CN(C[C@H]2CCCO2)C(=O)CC(C)(C)C)c1. The van der Waals surface area contributed by atoms with Gasteiger partial charge in [0, 0.05) is 58.0 Å². The monoisotopic (exact) mass is 403 g/mol. The van der Waals surface area contributed by atoms with Crippen LogP contribution in [0.15, 0.2) is 18.2 Å². The van der Waals surface area contributed by atoms with Crippen molar-refractivity contribution in [2.75, 3.05) is 37.5 Å². The van der Waals surface area contributed by atoms with E-state index in [1.165, 1.54) is 0 Å². The van der Waals surface area contributed by atoms with Gasteiger partial charge in [-0.15, -0.1) is 0 Å². The minimum Gasteiger partial charge on any atom is -0.377 e. The van der Waals surface area contributed by atoms with E-state index in [1.807, 2.05) is 49.0 Å². The van der Waals surface area contributed by atoms with Gasteiger partial charge in [-0.3, -0.25) is 9.59 Å². The Labute approximate surface area is 175 Å². The van der Waals surface area contributed by atoms with Crippen molar-refractivity contribution in [2.24, 2.45) is 5.41 Å². The van der Waals surface area contributed by atoms with Crippen LogP contribution in [0.2, 0.25) is 0 Å². The molecule has 6 heteroatoms. The molecule has 0 unspecified atom stereocenters. The molecule has 1 aromatic carbocycles. The topological polar surface area (TPSA) is 61.9 Å². The Morgan fingerprint density at radius 3 is 2.52 bits per heavy atom. The average Bonchev–Trinajstić information content (AvgIpc) is 3.12. The van der Waals surface area contributed by atoms with Gasteiger partial charge in [-0.25, -0.2) is 0 Å². The Kier molecular flexibility index (Phi) is 8.08. The Balaban J connectivity index is 2.29. The van der Waals surface area contributed by atoms with E-state index >= 15 is 0 Å². The molecule has 1 aromatic rings. The molecular formula is C23H37N3O3. The maximum atomic E-state index is 13.1. The van der Waals surface area contributed by atoms with Crippen molar-refractivity contribution >= 4 is 23.2 Å². The summed E-state index contributed by atoms with van der Waals surface area (Å²) in [4.78, 5) is 28.9. The van der Waals surface area contributed by atoms with Crippen LogP contribution < -0.4 is 10.2 Å². The summed E-state index contributed by atoms with van der Waals surface area (Å²) in [6.45, 7) is 9.96. The number of nitrogens with zero attached hydrogens (tertiary/aromatic N) is 2. The Morgan fingerprint density at radius 1 is 1.24 bits per heavy atom. The summed E-state index contributed by atoms with van der Waals surface area (Å²) in [5.74, 6) is 0.120. The van der Waals surface area contributed by atoms with Crippen molar-refractivity contribution in [1.29, 1.82) is 0 Å². The second kappa shape index (κ2) is 10.1. The first-order valence-corrected chi connectivity index (χ1v) is 10.6. The summed E-state index contributed by atoms with van der Waals surface area (Å²) in [6, 6.07) is 5.89. The van der Waals surface area contributed by atoms with Crippen molar-refractivity contribution in [2.45, 2.75) is 66.0 Å². The van der Waals surface area contributed by atoms with E-state index in [2.05, 4.69) is 26.1 Å². The molecule has 2 amide bonds. The van der Waals surface area contributed by atoms with E-state index in [0.29, 0.717) is 25.9 Å². The van der Waals surface area contributed by atoms with E-state index in [0.717, 1.165) is 36.4 Å². The second-order valence-corrected chi connectivity index (χ2v) is 9.29. The van der Waals surface area contributed by atoms with Gasteiger partial charge < -0.3 is 19.9 Å². The quantitative estimate of drug-likeness (QED) is 0.711. The van der Waals surface area contributed by atoms with Crippen molar-refractivity contribution in [3.8, 4) is 0 Å². The first-order chi connectivity index (χ1) is 13.6. The summed E-state index contributed by atoms with van der Waals surface area (Å²) < 4.78 is 5.81. The van der Waals surface area contributed by atoms with Gasteiger partial charge in [-0.05, 0) is 42.0 Å². The lowest BCUT2D eigenvalue weighted by atomic mass is 9.91. The zero-order valence-corrected chi connectivity index (χ0v) is 18.9. The fourth-order valence-corrected chi connectivity index (χ4v) is 3.54. The Hall–Kier alpha value is -2.08. The van der Waals surface area contributed by atoms with Crippen LogP contribution in [0, 0.1) is 5.41 Å². The van der Waals surface area contributed by atoms with Crippen LogP contribution in [-0.4, -0.2) is 50.1 Å². The van der Waals surface area contributed by atoms with Crippen LogP contribution in [0.3, 0.4) is 0 Å². The molecule has 2 rings (SSSR count). The van der Waals surface area contributed by atoms with E-state index in [9.17, 15) is 9.59 Å². The summed E-state index contributed by atoms with van der Waals surface area (Å²) in [7, 11) is 3.98. The van der Waals surface area contributed by atoms with E-state index < -0.39 is 0 Å². The maximum Gasteiger partial charge on any atom is 0.224 e. The number of carbonyl (C=O) groups is 2. The molecule has 29 heavy (non-hydrogen) atoms. The molecular weight excluding hydrogens is 366 g/mol. The molecule has 0 spiro atoms. The molecule has 1 saturated heterocycles. The van der Waals surface area contributed by atoms with Gasteiger partial charge in [-0.1, -0.05) is 27.7 Å². The smallest absolute Gasteiger partial charge is 0.224 e. The van der Waals surface area contributed by atoms with Gasteiger partial charge >= 0.3 is 0 Å². The number of amides is 2. The largest absolute Gasteiger partial charge is 0.377 e. The zero-order valence-electron chi connectivity index (χ0n) is 18.9. The fraction of sp³-hybridized carbons (Fsp3) is 0.652. The van der Waals surface area contributed by atoms with Crippen molar-refractivity contribution in [1.82, 2.24) is 4.90 Å².